The van der Waals surface area contributed by atoms with Gasteiger partial charge in [0, 0.05) is 19.1 Å². The normalized spacial score (nSPS) is 16.9. The Hall–Kier alpha value is -1.60. The van der Waals surface area contributed by atoms with Crippen molar-refractivity contribution in [3.05, 3.63) is 11.4 Å². The molecule has 7 nitrogen and oxygen atoms in total. The molecule has 1 amide bonds. The van der Waals surface area contributed by atoms with E-state index in [4.69, 9.17) is 5.73 Å². The number of anilines is 1. The lowest BCUT2D eigenvalue weighted by Gasteiger charge is -2.29. The van der Waals surface area contributed by atoms with E-state index in [1.165, 1.54) is 0 Å². The molecule has 1 aromatic heterocycles. The fourth-order valence-electron chi connectivity index (χ4n) is 2.47. The Kier molecular flexibility index (Phi) is 5.58. The molecule has 1 fully saturated rings. The summed E-state index contributed by atoms with van der Waals surface area (Å²) < 4.78 is 0. The number of likely N-dealkylation sites (tertiary alicyclic amines) is 1. The summed E-state index contributed by atoms with van der Waals surface area (Å²) in [4.78, 5) is 18.5. The van der Waals surface area contributed by atoms with Crippen LogP contribution in [-0.2, 0) is 17.6 Å². The second-order valence-electron chi connectivity index (χ2n) is 5.40. The van der Waals surface area contributed by atoms with Gasteiger partial charge in [-0.1, -0.05) is 13.8 Å². The lowest BCUT2D eigenvalue weighted by atomic mass is 10.1. The Morgan fingerprint density at radius 1 is 1.24 bits per heavy atom. The van der Waals surface area contributed by atoms with Crippen LogP contribution in [0.5, 0.6) is 0 Å². The van der Waals surface area contributed by atoms with Gasteiger partial charge in [-0.15, -0.1) is 10.2 Å². The molecule has 0 bridgehead atoms. The van der Waals surface area contributed by atoms with Crippen LogP contribution in [0.1, 0.15) is 38.1 Å². The molecule has 116 valence electrons. The number of carbonyl (C=O) groups excluding carboxylic acids is 1. The molecule has 1 saturated heterocycles. The largest absolute Gasteiger partial charge is 0.328 e. The molecule has 0 spiro atoms. The Labute approximate surface area is 125 Å². The molecule has 1 aliphatic rings. The molecule has 0 unspecified atom stereocenters. The Morgan fingerprint density at radius 3 is 2.52 bits per heavy atom. The summed E-state index contributed by atoms with van der Waals surface area (Å²) in [5.74, 6) is 0.196. The summed E-state index contributed by atoms with van der Waals surface area (Å²) in [6.45, 7) is 6.12. The van der Waals surface area contributed by atoms with Crippen LogP contribution in [0.4, 0.5) is 5.95 Å². The van der Waals surface area contributed by atoms with Crippen LogP contribution in [-0.4, -0.2) is 51.7 Å². The summed E-state index contributed by atoms with van der Waals surface area (Å²) in [6.07, 6.45) is 3.46. The van der Waals surface area contributed by atoms with Crippen molar-refractivity contribution in [1.82, 2.24) is 20.1 Å². The number of hydrogen-bond acceptors (Lipinski definition) is 6. The first kappa shape index (κ1) is 15.8. The third kappa shape index (κ3) is 4.44. The molecule has 3 N–H and O–H groups in total. The number of nitrogens with two attached hydrogens (primary N) is 1. The predicted octanol–water partition coefficient (Wildman–Crippen LogP) is 0.358. The van der Waals surface area contributed by atoms with E-state index in [1.807, 2.05) is 13.8 Å². The standard InChI is InChI=1S/C14H24N6O/c1-3-11-12(4-2)18-19-14(16-11)17-13(21)9-20-7-5-10(15)6-8-20/h10H,3-9,15H2,1-2H3,(H,16,17,19,21). The quantitative estimate of drug-likeness (QED) is 0.813. The van der Waals surface area contributed by atoms with Crippen LogP contribution in [0, 0.1) is 0 Å². The highest BCUT2D eigenvalue weighted by Gasteiger charge is 2.18. The van der Waals surface area contributed by atoms with Gasteiger partial charge in [0.05, 0.1) is 17.9 Å². The van der Waals surface area contributed by atoms with Gasteiger partial charge in [-0.3, -0.25) is 15.0 Å². The summed E-state index contributed by atoms with van der Waals surface area (Å²) in [5, 5.41) is 10.8. The van der Waals surface area contributed by atoms with Crippen LogP contribution in [0.3, 0.4) is 0 Å². The predicted molar refractivity (Wildman–Crippen MR) is 80.9 cm³/mol. The summed E-state index contributed by atoms with van der Waals surface area (Å²) in [6, 6.07) is 0.269. The van der Waals surface area contributed by atoms with Crippen molar-refractivity contribution in [2.75, 3.05) is 25.0 Å². The van der Waals surface area contributed by atoms with Crippen molar-refractivity contribution < 1.29 is 4.79 Å². The maximum absolute atomic E-state index is 12.0. The van der Waals surface area contributed by atoms with Gasteiger partial charge >= 0.3 is 0 Å². The fourth-order valence-corrected chi connectivity index (χ4v) is 2.47. The number of hydrogen-bond donors (Lipinski definition) is 2. The van der Waals surface area contributed by atoms with Gasteiger partial charge in [0.25, 0.3) is 0 Å². The lowest BCUT2D eigenvalue weighted by molar-refractivity contribution is -0.117. The molecule has 2 heterocycles. The van der Waals surface area contributed by atoms with Gasteiger partial charge in [0.2, 0.25) is 11.9 Å². The van der Waals surface area contributed by atoms with Crippen LogP contribution in [0.25, 0.3) is 0 Å². The van der Waals surface area contributed by atoms with Crippen LogP contribution in [0.2, 0.25) is 0 Å². The second kappa shape index (κ2) is 7.42. The van der Waals surface area contributed by atoms with Crippen LogP contribution in [0.15, 0.2) is 0 Å². The van der Waals surface area contributed by atoms with E-state index < -0.39 is 0 Å². The lowest BCUT2D eigenvalue weighted by Crippen LogP contribution is -2.43. The topological polar surface area (TPSA) is 97.0 Å². The minimum atomic E-state index is -0.0985. The number of carbonyl (C=O) groups is 1. The maximum Gasteiger partial charge on any atom is 0.249 e. The zero-order valence-electron chi connectivity index (χ0n) is 12.8. The molecule has 7 heteroatoms. The number of rotatable bonds is 5. The van der Waals surface area contributed by atoms with Crippen molar-refractivity contribution >= 4 is 11.9 Å². The molecular weight excluding hydrogens is 268 g/mol. The SMILES string of the molecule is CCc1nnc(NC(=O)CN2CCC(N)CC2)nc1CC. The minimum Gasteiger partial charge on any atom is -0.328 e. The van der Waals surface area contributed by atoms with Crippen LogP contribution < -0.4 is 11.1 Å². The average molecular weight is 292 g/mol. The van der Waals surface area contributed by atoms with E-state index in [0.29, 0.717) is 12.5 Å². The fraction of sp³-hybridized carbons (Fsp3) is 0.714. The van der Waals surface area contributed by atoms with Gasteiger partial charge < -0.3 is 5.73 Å². The summed E-state index contributed by atoms with van der Waals surface area (Å²) >= 11 is 0. The van der Waals surface area contributed by atoms with E-state index >= 15 is 0 Å². The number of nitrogens with zero attached hydrogens (tertiary/aromatic N) is 4. The highest BCUT2D eigenvalue weighted by atomic mass is 16.2. The zero-order valence-corrected chi connectivity index (χ0v) is 12.8. The molecule has 0 aliphatic carbocycles. The maximum atomic E-state index is 12.0. The molecule has 21 heavy (non-hydrogen) atoms. The summed E-state index contributed by atoms with van der Waals surface area (Å²) in [7, 11) is 0. The first-order chi connectivity index (χ1) is 10.1. The van der Waals surface area contributed by atoms with E-state index in [-0.39, 0.29) is 11.9 Å². The highest BCUT2D eigenvalue weighted by Crippen LogP contribution is 2.09. The van der Waals surface area contributed by atoms with E-state index in [0.717, 1.165) is 50.2 Å². The number of piperidine rings is 1. The van der Waals surface area contributed by atoms with Gasteiger partial charge in [-0.25, -0.2) is 4.98 Å². The highest BCUT2D eigenvalue weighted by molar-refractivity contribution is 5.90. The van der Waals surface area contributed by atoms with Gasteiger partial charge in [-0.05, 0) is 25.7 Å². The first-order valence-corrected chi connectivity index (χ1v) is 7.62. The third-order valence-electron chi connectivity index (χ3n) is 3.76. The minimum absolute atomic E-state index is 0.0985. The van der Waals surface area contributed by atoms with Crippen molar-refractivity contribution in [1.29, 1.82) is 0 Å². The first-order valence-electron chi connectivity index (χ1n) is 7.62. The van der Waals surface area contributed by atoms with Crippen LogP contribution >= 0.6 is 0 Å². The van der Waals surface area contributed by atoms with E-state index in [2.05, 4.69) is 25.4 Å². The molecule has 0 saturated carbocycles. The van der Waals surface area contributed by atoms with Crippen molar-refractivity contribution in [3.8, 4) is 0 Å². The van der Waals surface area contributed by atoms with Gasteiger partial charge in [-0.2, -0.15) is 0 Å². The third-order valence-corrected chi connectivity index (χ3v) is 3.76. The number of nitrogens with one attached hydrogen (secondary N) is 1. The molecule has 0 atom stereocenters. The molecule has 0 aromatic carbocycles. The zero-order chi connectivity index (χ0) is 15.2. The van der Waals surface area contributed by atoms with Crippen molar-refractivity contribution in [3.63, 3.8) is 0 Å². The number of aryl methyl sites for hydroxylation is 2. The molecule has 0 radical (unpaired) electrons. The van der Waals surface area contributed by atoms with Gasteiger partial charge in [0.1, 0.15) is 0 Å². The van der Waals surface area contributed by atoms with Crippen molar-refractivity contribution in [2.45, 2.75) is 45.6 Å². The Morgan fingerprint density at radius 2 is 1.90 bits per heavy atom. The average Bonchev–Trinajstić information content (AvgIpc) is 2.49. The summed E-state index contributed by atoms with van der Waals surface area (Å²) in [5.41, 5.74) is 7.64. The number of aromatic nitrogens is 3. The monoisotopic (exact) mass is 292 g/mol. The smallest absolute Gasteiger partial charge is 0.249 e. The Balaban J connectivity index is 1.90. The number of amides is 1. The molecule has 1 aliphatic heterocycles. The van der Waals surface area contributed by atoms with E-state index in [9.17, 15) is 4.79 Å². The van der Waals surface area contributed by atoms with Gasteiger partial charge in [0.15, 0.2) is 0 Å². The Bertz CT molecular complexity index is 484. The molecule has 2 rings (SSSR count). The second-order valence-corrected chi connectivity index (χ2v) is 5.40. The van der Waals surface area contributed by atoms with Crippen molar-refractivity contribution in [2.24, 2.45) is 5.73 Å². The molecular formula is C14H24N6O. The molecule has 1 aromatic rings. The van der Waals surface area contributed by atoms with E-state index in [1.54, 1.807) is 0 Å².